The van der Waals surface area contributed by atoms with Gasteiger partial charge in [-0.3, -0.25) is 4.79 Å². The quantitative estimate of drug-likeness (QED) is 0.227. The summed E-state index contributed by atoms with van der Waals surface area (Å²) in [4.78, 5) is 17.0. The van der Waals surface area contributed by atoms with Gasteiger partial charge in [-0.1, -0.05) is 48.5 Å². The van der Waals surface area contributed by atoms with Gasteiger partial charge in [0.2, 0.25) is 0 Å². The Balaban J connectivity index is 1.24. The number of rotatable bonds is 8. The molecule has 0 aliphatic carbocycles. The fourth-order valence-corrected chi connectivity index (χ4v) is 4.89. The lowest BCUT2D eigenvalue weighted by molar-refractivity contribution is -0.137. The lowest BCUT2D eigenvalue weighted by atomic mass is 10.1. The number of carbonyl (C=O) groups excluding carboxylic acids is 1. The molecule has 8 heteroatoms. The van der Waals surface area contributed by atoms with Crippen LogP contribution in [-0.2, 0) is 12.8 Å². The Hall–Kier alpha value is -4.46. The predicted molar refractivity (Wildman–Crippen MR) is 153 cm³/mol. The van der Waals surface area contributed by atoms with Crippen molar-refractivity contribution in [2.24, 2.45) is 0 Å². The van der Waals surface area contributed by atoms with Crippen LogP contribution in [0.3, 0.4) is 0 Å². The molecule has 0 spiro atoms. The molecule has 0 aromatic heterocycles. The Morgan fingerprint density at radius 3 is 2.17 bits per heavy atom. The van der Waals surface area contributed by atoms with E-state index in [1.54, 1.807) is 29.2 Å². The molecule has 1 fully saturated rings. The maximum Gasteiger partial charge on any atom is 0.416 e. The van der Waals surface area contributed by atoms with Crippen molar-refractivity contribution >= 4 is 11.6 Å². The van der Waals surface area contributed by atoms with E-state index in [2.05, 4.69) is 12.1 Å². The van der Waals surface area contributed by atoms with Crippen molar-refractivity contribution in [2.45, 2.75) is 19.7 Å². The van der Waals surface area contributed by atoms with Crippen LogP contribution in [0.4, 0.5) is 18.9 Å². The first kappa shape index (κ1) is 28.1. The third kappa shape index (κ3) is 6.82. The maximum atomic E-state index is 13.4. The first-order valence-corrected chi connectivity index (χ1v) is 13.6. The fourth-order valence-electron chi connectivity index (χ4n) is 4.89. The Morgan fingerprint density at radius 1 is 0.780 bits per heavy atom. The van der Waals surface area contributed by atoms with E-state index in [-0.39, 0.29) is 12.5 Å². The van der Waals surface area contributed by atoms with Gasteiger partial charge in [0, 0.05) is 43.0 Å². The average molecular weight is 561 g/mol. The number of alkyl halides is 3. The third-order valence-electron chi connectivity index (χ3n) is 7.07. The van der Waals surface area contributed by atoms with Crippen LogP contribution in [0.1, 0.15) is 28.4 Å². The van der Waals surface area contributed by atoms with Crippen LogP contribution in [0.25, 0.3) is 11.1 Å². The van der Waals surface area contributed by atoms with Gasteiger partial charge in [-0.25, -0.2) is 0 Å². The molecular weight excluding hydrogens is 529 g/mol. The van der Waals surface area contributed by atoms with E-state index in [1.807, 2.05) is 54.3 Å². The van der Waals surface area contributed by atoms with Gasteiger partial charge in [-0.2, -0.15) is 13.2 Å². The summed E-state index contributed by atoms with van der Waals surface area (Å²) in [5.74, 6) is 1.22. The topological polar surface area (TPSA) is 42.0 Å². The minimum Gasteiger partial charge on any atom is -0.493 e. The van der Waals surface area contributed by atoms with Gasteiger partial charge in [0.1, 0.15) is 18.1 Å². The number of anilines is 1. The molecule has 1 heterocycles. The number of hydrogen-bond acceptors (Lipinski definition) is 4. The first-order valence-electron chi connectivity index (χ1n) is 13.6. The second-order valence-corrected chi connectivity index (χ2v) is 9.76. The highest BCUT2D eigenvalue weighted by molar-refractivity contribution is 5.94. The number of benzene rings is 4. The van der Waals surface area contributed by atoms with Crippen molar-refractivity contribution < 1.29 is 27.4 Å². The molecule has 5 rings (SSSR count). The molecule has 1 aliphatic heterocycles. The Labute approximate surface area is 237 Å². The van der Waals surface area contributed by atoms with Gasteiger partial charge in [0.05, 0.1) is 12.2 Å². The molecule has 1 amide bonds. The van der Waals surface area contributed by atoms with Crippen LogP contribution in [0.5, 0.6) is 11.5 Å². The van der Waals surface area contributed by atoms with Crippen molar-refractivity contribution in [3.63, 3.8) is 0 Å². The summed E-state index contributed by atoms with van der Waals surface area (Å²) < 4.78 is 51.3. The lowest BCUT2D eigenvalue weighted by Gasteiger charge is -2.36. The highest BCUT2D eigenvalue weighted by atomic mass is 19.4. The van der Waals surface area contributed by atoms with Crippen molar-refractivity contribution in [1.29, 1.82) is 0 Å². The summed E-state index contributed by atoms with van der Waals surface area (Å²) in [6, 6.07) is 28.6. The maximum absolute atomic E-state index is 13.4. The number of hydrogen-bond donors (Lipinski definition) is 0. The molecule has 0 N–H and O–H groups in total. The third-order valence-corrected chi connectivity index (χ3v) is 7.07. The largest absolute Gasteiger partial charge is 0.493 e. The number of halogens is 3. The molecule has 0 bridgehead atoms. The smallest absolute Gasteiger partial charge is 0.416 e. The average Bonchev–Trinajstić information content (AvgIpc) is 3.01. The van der Waals surface area contributed by atoms with E-state index >= 15 is 0 Å². The summed E-state index contributed by atoms with van der Waals surface area (Å²) in [7, 11) is 0. The molecule has 1 aliphatic rings. The van der Waals surface area contributed by atoms with Crippen molar-refractivity contribution in [3.8, 4) is 22.6 Å². The summed E-state index contributed by atoms with van der Waals surface area (Å²) in [6.45, 7) is 4.30. The Bertz CT molecular complexity index is 1470. The van der Waals surface area contributed by atoms with Gasteiger partial charge in [-0.05, 0) is 66.6 Å². The van der Waals surface area contributed by atoms with Crippen LogP contribution in [0, 0.1) is 0 Å². The first-order chi connectivity index (χ1) is 19.8. The van der Waals surface area contributed by atoms with E-state index in [9.17, 15) is 18.0 Å². The zero-order valence-electron chi connectivity index (χ0n) is 22.7. The molecular formula is C33H31F3N2O3. The molecule has 5 nitrogen and oxygen atoms in total. The Morgan fingerprint density at radius 2 is 1.49 bits per heavy atom. The number of carbonyl (C=O) groups is 1. The SMILES string of the molecule is CCOc1ccc(C(=O)N2CCN(c3cccc(C(F)(F)F)c3)CC2)cc1COc1ccc(-c2ccccc2)cc1. The van der Waals surface area contributed by atoms with E-state index in [0.29, 0.717) is 55.5 Å². The molecule has 0 unspecified atom stereocenters. The van der Waals surface area contributed by atoms with Crippen molar-refractivity contribution in [3.05, 3.63) is 114 Å². The van der Waals surface area contributed by atoms with Crippen LogP contribution < -0.4 is 14.4 Å². The molecule has 212 valence electrons. The molecule has 0 atom stereocenters. The molecule has 4 aromatic rings. The van der Waals surface area contributed by atoms with Gasteiger partial charge in [-0.15, -0.1) is 0 Å². The second kappa shape index (κ2) is 12.4. The van der Waals surface area contributed by atoms with Crippen molar-refractivity contribution in [1.82, 2.24) is 4.90 Å². The minimum atomic E-state index is -4.39. The minimum absolute atomic E-state index is 0.134. The Kier molecular flexibility index (Phi) is 8.47. The molecule has 4 aromatic carbocycles. The zero-order chi connectivity index (χ0) is 28.8. The van der Waals surface area contributed by atoms with Crippen LogP contribution in [0.2, 0.25) is 0 Å². The summed E-state index contributed by atoms with van der Waals surface area (Å²) in [6.07, 6.45) is -4.39. The normalized spacial score (nSPS) is 13.7. The summed E-state index contributed by atoms with van der Waals surface area (Å²) >= 11 is 0. The van der Waals surface area contributed by atoms with Gasteiger partial charge in [0.25, 0.3) is 5.91 Å². The monoisotopic (exact) mass is 560 g/mol. The van der Waals surface area contributed by atoms with E-state index in [4.69, 9.17) is 9.47 Å². The molecule has 41 heavy (non-hydrogen) atoms. The van der Waals surface area contributed by atoms with E-state index in [0.717, 1.165) is 28.8 Å². The van der Waals surface area contributed by atoms with Gasteiger partial charge < -0.3 is 19.3 Å². The van der Waals surface area contributed by atoms with Crippen LogP contribution in [0.15, 0.2) is 97.1 Å². The van der Waals surface area contributed by atoms with E-state index < -0.39 is 11.7 Å². The van der Waals surface area contributed by atoms with Crippen molar-refractivity contribution in [2.75, 3.05) is 37.7 Å². The lowest BCUT2D eigenvalue weighted by Crippen LogP contribution is -2.48. The van der Waals surface area contributed by atoms with Crippen LogP contribution >= 0.6 is 0 Å². The second-order valence-electron chi connectivity index (χ2n) is 9.76. The highest BCUT2D eigenvalue weighted by Gasteiger charge is 2.31. The molecule has 0 saturated carbocycles. The number of ether oxygens (including phenoxy) is 2. The fraction of sp³-hybridized carbons (Fsp3) is 0.242. The van der Waals surface area contributed by atoms with Gasteiger partial charge >= 0.3 is 6.18 Å². The van der Waals surface area contributed by atoms with Gasteiger partial charge in [0.15, 0.2) is 0 Å². The van der Waals surface area contributed by atoms with Crippen LogP contribution in [-0.4, -0.2) is 43.6 Å². The molecule has 0 radical (unpaired) electrons. The standard InChI is InChI=1S/C33H31F3N2O3/c1-2-40-31-16-13-26(21-27(31)23-41-30-14-11-25(12-15-30)24-7-4-3-5-8-24)32(39)38-19-17-37(18-20-38)29-10-6-9-28(22-29)33(34,35)36/h3-16,21-22H,2,17-20,23H2,1H3. The number of nitrogens with zero attached hydrogens (tertiary/aromatic N) is 2. The zero-order valence-corrected chi connectivity index (χ0v) is 22.7. The highest BCUT2D eigenvalue weighted by Crippen LogP contribution is 2.32. The number of amides is 1. The van der Waals surface area contributed by atoms with E-state index in [1.165, 1.54) is 6.07 Å². The summed E-state index contributed by atoms with van der Waals surface area (Å²) in [5, 5.41) is 0. The summed E-state index contributed by atoms with van der Waals surface area (Å²) in [5.41, 5.74) is 3.31. The number of piperazine rings is 1. The molecule has 1 saturated heterocycles. The predicted octanol–water partition coefficient (Wildman–Crippen LogP) is 7.31.